The predicted octanol–water partition coefficient (Wildman–Crippen LogP) is 2.98. The minimum atomic E-state index is -0.531. The molecule has 0 unspecified atom stereocenters. The molecule has 0 fully saturated rings. The lowest BCUT2D eigenvalue weighted by Crippen LogP contribution is -2.18. The Bertz CT molecular complexity index is 722. The number of primary amides is 1. The maximum atomic E-state index is 12.4. The van der Waals surface area contributed by atoms with Gasteiger partial charge in [0.15, 0.2) is 0 Å². The topological polar surface area (TPSA) is 81.4 Å². The first-order valence-corrected chi connectivity index (χ1v) is 7.67. The number of amides is 2. The van der Waals surface area contributed by atoms with Crippen molar-refractivity contribution in [1.82, 2.24) is 0 Å². The van der Waals surface area contributed by atoms with Crippen LogP contribution in [0.2, 0.25) is 0 Å². The Kier molecular flexibility index (Phi) is 4.82. The number of methoxy groups -OCH3 is 1. The van der Waals surface area contributed by atoms with Gasteiger partial charge in [-0.15, -0.1) is 11.3 Å². The summed E-state index contributed by atoms with van der Waals surface area (Å²) in [4.78, 5) is 25.1. The number of rotatable bonds is 5. The van der Waals surface area contributed by atoms with E-state index < -0.39 is 5.91 Å². The van der Waals surface area contributed by atoms with E-state index in [2.05, 4.69) is 5.32 Å². The average molecular weight is 318 g/mol. The van der Waals surface area contributed by atoms with Gasteiger partial charge < -0.3 is 15.8 Å². The fourth-order valence-corrected chi connectivity index (χ4v) is 3.50. The number of hydrogen-bond acceptors (Lipinski definition) is 4. The van der Waals surface area contributed by atoms with Crippen molar-refractivity contribution in [1.29, 1.82) is 0 Å². The lowest BCUT2D eigenvalue weighted by molar-refractivity contribution is 0.100. The van der Waals surface area contributed by atoms with Crippen LogP contribution in [0.5, 0.6) is 5.75 Å². The van der Waals surface area contributed by atoms with Crippen molar-refractivity contribution < 1.29 is 14.3 Å². The summed E-state index contributed by atoms with van der Waals surface area (Å²) in [5.74, 6) is -0.384. The Labute approximate surface area is 133 Å². The minimum Gasteiger partial charge on any atom is -0.496 e. The SMILES string of the molecule is CCc1c(C)sc(NC(=O)c2ccccc2OC)c1C(N)=O. The van der Waals surface area contributed by atoms with Gasteiger partial charge in [0.1, 0.15) is 10.8 Å². The Morgan fingerprint density at radius 2 is 2.00 bits per heavy atom. The number of hydrogen-bond donors (Lipinski definition) is 2. The molecular weight excluding hydrogens is 300 g/mol. The van der Waals surface area contributed by atoms with Gasteiger partial charge in [0, 0.05) is 4.88 Å². The number of ether oxygens (including phenoxy) is 1. The monoisotopic (exact) mass is 318 g/mol. The van der Waals surface area contributed by atoms with Crippen molar-refractivity contribution in [2.45, 2.75) is 20.3 Å². The zero-order valence-corrected chi connectivity index (χ0v) is 13.5. The molecule has 5 nitrogen and oxygen atoms in total. The number of benzene rings is 1. The smallest absolute Gasteiger partial charge is 0.260 e. The van der Waals surface area contributed by atoms with E-state index in [1.54, 1.807) is 24.3 Å². The quantitative estimate of drug-likeness (QED) is 0.889. The largest absolute Gasteiger partial charge is 0.496 e. The molecule has 0 aliphatic carbocycles. The van der Waals surface area contributed by atoms with Gasteiger partial charge in [0.05, 0.1) is 18.2 Å². The lowest BCUT2D eigenvalue weighted by Gasteiger charge is -2.09. The number of thiophene rings is 1. The van der Waals surface area contributed by atoms with Crippen LogP contribution in [-0.2, 0) is 6.42 Å². The first kappa shape index (κ1) is 16.0. The molecule has 0 radical (unpaired) electrons. The van der Waals surface area contributed by atoms with Gasteiger partial charge in [0.2, 0.25) is 0 Å². The van der Waals surface area contributed by atoms with Crippen LogP contribution in [0.25, 0.3) is 0 Å². The van der Waals surface area contributed by atoms with E-state index in [1.165, 1.54) is 18.4 Å². The van der Waals surface area contributed by atoms with Gasteiger partial charge >= 0.3 is 0 Å². The van der Waals surface area contributed by atoms with Crippen LogP contribution >= 0.6 is 11.3 Å². The van der Waals surface area contributed by atoms with E-state index in [0.29, 0.717) is 28.3 Å². The van der Waals surface area contributed by atoms with Crippen molar-refractivity contribution in [3.63, 3.8) is 0 Å². The normalized spacial score (nSPS) is 10.3. The molecule has 1 heterocycles. The molecule has 0 aliphatic rings. The molecule has 0 saturated heterocycles. The van der Waals surface area contributed by atoms with Crippen LogP contribution in [0.4, 0.5) is 5.00 Å². The van der Waals surface area contributed by atoms with E-state index >= 15 is 0 Å². The average Bonchev–Trinajstić information content (AvgIpc) is 2.82. The number of nitrogens with two attached hydrogens (primary N) is 1. The van der Waals surface area contributed by atoms with Crippen molar-refractivity contribution in [3.8, 4) is 5.75 Å². The van der Waals surface area contributed by atoms with Crippen molar-refractivity contribution >= 4 is 28.2 Å². The van der Waals surface area contributed by atoms with Gasteiger partial charge in [-0.05, 0) is 31.0 Å². The summed E-state index contributed by atoms with van der Waals surface area (Å²) >= 11 is 1.36. The Morgan fingerprint density at radius 1 is 1.32 bits per heavy atom. The van der Waals surface area contributed by atoms with Gasteiger partial charge in [0.25, 0.3) is 11.8 Å². The summed E-state index contributed by atoms with van der Waals surface area (Å²) in [5, 5.41) is 3.26. The number of carbonyl (C=O) groups excluding carboxylic acids is 2. The highest BCUT2D eigenvalue weighted by molar-refractivity contribution is 7.16. The summed E-state index contributed by atoms with van der Waals surface area (Å²) in [7, 11) is 1.51. The fraction of sp³-hybridized carbons (Fsp3) is 0.250. The molecule has 116 valence electrons. The molecule has 1 aromatic heterocycles. The van der Waals surface area contributed by atoms with E-state index in [1.807, 2.05) is 13.8 Å². The highest BCUT2D eigenvalue weighted by Gasteiger charge is 2.21. The van der Waals surface area contributed by atoms with Gasteiger partial charge in [-0.1, -0.05) is 19.1 Å². The van der Waals surface area contributed by atoms with E-state index in [0.717, 1.165) is 10.4 Å². The molecule has 22 heavy (non-hydrogen) atoms. The van der Waals surface area contributed by atoms with E-state index in [4.69, 9.17) is 10.5 Å². The number of nitrogens with one attached hydrogen (secondary N) is 1. The first-order chi connectivity index (χ1) is 10.5. The highest BCUT2D eigenvalue weighted by Crippen LogP contribution is 2.33. The molecule has 2 amide bonds. The molecule has 0 aliphatic heterocycles. The minimum absolute atomic E-state index is 0.330. The van der Waals surface area contributed by atoms with Crippen LogP contribution in [0.3, 0.4) is 0 Å². The predicted molar refractivity (Wildman–Crippen MR) is 87.9 cm³/mol. The summed E-state index contributed by atoms with van der Waals surface area (Å²) in [6.07, 6.45) is 0.686. The number of carbonyl (C=O) groups is 2. The summed E-state index contributed by atoms with van der Waals surface area (Å²) in [6.45, 7) is 3.86. The van der Waals surface area contributed by atoms with Crippen LogP contribution in [-0.4, -0.2) is 18.9 Å². The summed E-state index contributed by atoms with van der Waals surface area (Å²) in [6, 6.07) is 6.92. The van der Waals surface area contributed by atoms with Crippen molar-refractivity contribution in [2.75, 3.05) is 12.4 Å². The number of para-hydroxylation sites is 1. The Hall–Kier alpha value is -2.34. The standard InChI is InChI=1S/C16H18N2O3S/c1-4-10-9(2)22-16(13(10)14(17)19)18-15(20)11-7-5-6-8-12(11)21-3/h5-8H,4H2,1-3H3,(H2,17,19)(H,18,20). The second-order valence-electron chi connectivity index (χ2n) is 4.71. The molecule has 0 atom stereocenters. The van der Waals surface area contributed by atoms with Gasteiger partial charge in [-0.3, -0.25) is 9.59 Å². The fourth-order valence-electron chi connectivity index (χ4n) is 2.36. The Balaban J connectivity index is 2.39. The molecule has 0 bridgehead atoms. The molecular formula is C16H18N2O3S. The molecule has 2 aromatic rings. The maximum Gasteiger partial charge on any atom is 0.260 e. The van der Waals surface area contributed by atoms with Crippen LogP contribution in [0.15, 0.2) is 24.3 Å². The van der Waals surface area contributed by atoms with Crippen LogP contribution in [0.1, 0.15) is 38.1 Å². The molecule has 0 saturated carbocycles. The third kappa shape index (κ3) is 2.96. The summed E-state index contributed by atoms with van der Waals surface area (Å²) < 4.78 is 5.18. The zero-order chi connectivity index (χ0) is 16.3. The Morgan fingerprint density at radius 3 is 2.59 bits per heavy atom. The van der Waals surface area contributed by atoms with Crippen LogP contribution < -0.4 is 15.8 Å². The van der Waals surface area contributed by atoms with Gasteiger partial charge in [-0.2, -0.15) is 0 Å². The third-order valence-electron chi connectivity index (χ3n) is 3.39. The first-order valence-electron chi connectivity index (χ1n) is 6.86. The molecule has 2 rings (SSSR count). The molecule has 1 aromatic carbocycles. The zero-order valence-electron chi connectivity index (χ0n) is 12.7. The second kappa shape index (κ2) is 6.62. The summed E-state index contributed by atoms with van der Waals surface area (Å²) in [5.41, 5.74) is 7.15. The van der Waals surface area contributed by atoms with Crippen molar-refractivity contribution in [3.05, 3.63) is 45.8 Å². The number of anilines is 1. The molecule has 3 N–H and O–H groups in total. The maximum absolute atomic E-state index is 12.4. The highest BCUT2D eigenvalue weighted by atomic mass is 32.1. The third-order valence-corrected chi connectivity index (χ3v) is 4.45. The van der Waals surface area contributed by atoms with Crippen molar-refractivity contribution in [2.24, 2.45) is 5.73 Å². The number of aryl methyl sites for hydroxylation is 1. The van der Waals surface area contributed by atoms with E-state index in [-0.39, 0.29) is 5.91 Å². The van der Waals surface area contributed by atoms with E-state index in [9.17, 15) is 9.59 Å². The molecule has 0 spiro atoms. The molecule has 6 heteroatoms. The second-order valence-corrected chi connectivity index (χ2v) is 5.94. The van der Waals surface area contributed by atoms with Crippen LogP contribution in [0, 0.1) is 6.92 Å². The van der Waals surface area contributed by atoms with Gasteiger partial charge in [-0.25, -0.2) is 0 Å². The lowest BCUT2D eigenvalue weighted by atomic mass is 10.1.